The van der Waals surface area contributed by atoms with E-state index in [9.17, 15) is 19.8 Å². The number of allylic oxidation sites excluding steroid dienone is 2. The highest BCUT2D eigenvalue weighted by Crippen LogP contribution is 2.29. The first kappa shape index (κ1) is 23.7. The SMILES string of the molecule is CCC(C)(CCCC/C=C\CCCCCC(C)(CC)C(=O)O)C(=O)O. The fraction of sp³-hybridized carbons (Fsp3) is 0.810. The van der Waals surface area contributed by atoms with E-state index in [1.54, 1.807) is 0 Å². The molecule has 0 amide bonds. The van der Waals surface area contributed by atoms with E-state index < -0.39 is 22.8 Å². The number of carboxylic acids is 2. The first-order valence-electron chi connectivity index (χ1n) is 9.83. The van der Waals surface area contributed by atoms with Crippen molar-refractivity contribution < 1.29 is 19.8 Å². The minimum absolute atomic E-state index is 0.571. The van der Waals surface area contributed by atoms with Crippen LogP contribution in [0.3, 0.4) is 0 Å². The molecule has 0 aliphatic rings. The van der Waals surface area contributed by atoms with Gasteiger partial charge in [0.15, 0.2) is 0 Å². The highest BCUT2D eigenvalue weighted by atomic mass is 16.4. The quantitative estimate of drug-likeness (QED) is 0.277. The molecule has 0 fully saturated rings. The number of aliphatic carboxylic acids is 2. The van der Waals surface area contributed by atoms with E-state index in [4.69, 9.17) is 0 Å². The van der Waals surface area contributed by atoms with Crippen LogP contribution >= 0.6 is 0 Å². The van der Waals surface area contributed by atoms with E-state index in [1.807, 2.05) is 27.7 Å². The lowest BCUT2D eigenvalue weighted by Crippen LogP contribution is -2.26. The second kappa shape index (κ2) is 12.1. The van der Waals surface area contributed by atoms with Crippen LogP contribution in [0.15, 0.2) is 12.2 Å². The molecule has 0 aromatic rings. The van der Waals surface area contributed by atoms with E-state index >= 15 is 0 Å². The Morgan fingerprint density at radius 3 is 1.44 bits per heavy atom. The minimum atomic E-state index is -0.687. The van der Waals surface area contributed by atoms with Crippen molar-refractivity contribution in [3.05, 3.63) is 12.2 Å². The Kier molecular flexibility index (Phi) is 11.5. The van der Waals surface area contributed by atoms with Crippen LogP contribution in [0.5, 0.6) is 0 Å². The summed E-state index contributed by atoms with van der Waals surface area (Å²) in [5.41, 5.74) is -1.15. The summed E-state index contributed by atoms with van der Waals surface area (Å²) < 4.78 is 0. The number of hydrogen-bond acceptors (Lipinski definition) is 2. The number of rotatable bonds is 15. The third-order valence-electron chi connectivity index (χ3n) is 5.71. The third kappa shape index (κ3) is 9.08. The number of carboxylic acid groups (broad SMARTS) is 2. The van der Waals surface area contributed by atoms with Gasteiger partial charge in [-0.15, -0.1) is 0 Å². The molecule has 0 rings (SSSR count). The van der Waals surface area contributed by atoms with Crippen LogP contribution in [0.2, 0.25) is 0 Å². The summed E-state index contributed by atoms with van der Waals surface area (Å²) in [6.45, 7) is 7.55. The van der Waals surface area contributed by atoms with Crippen LogP contribution < -0.4 is 0 Å². The zero-order valence-corrected chi connectivity index (χ0v) is 16.6. The molecule has 0 spiro atoms. The molecule has 0 aliphatic carbocycles. The molecule has 25 heavy (non-hydrogen) atoms. The molecular formula is C21H38O4. The van der Waals surface area contributed by atoms with Crippen molar-refractivity contribution in [3.63, 3.8) is 0 Å². The first-order valence-corrected chi connectivity index (χ1v) is 9.83. The Balaban J connectivity index is 3.72. The van der Waals surface area contributed by atoms with Gasteiger partial charge in [0.1, 0.15) is 0 Å². The molecule has 0 saturated heterocycles. The summed E-state index contributed by atoms with van der Waals surface area (Å²) in [5, 5.41) is 18.5. The second-order valence-corrected chi connectivity index (χ2v) is 7.76. The summed E-state index contributed by atoms with van der Waals surface area (Å²) in [6, 6.07) is 0. The van der Waals surface area contributed by atoms with E-state index in [1.165, 1.54) is 0 Å². The van der Waals surface area contributed by atoms with Gasteiger partial charge in [-0.2, -0.15) is 0 Å². The van der Waals surface area contributed by atoms with Gasteiger partial charge in [0.05, 0.1) is 10.8 Å². The van der Waals surface area contributed by atoms with Crippen molar-refractivity contribution in [1.29, 1.82) is 0 Å². The van der Waals surface area contributed by atoms with E-state index in [0.29, 0.717) is 12.8 Å². The van der Waals surface area contributed by atoms with Crippen molar-refractivity contribution in [1.82, 2.24) is 0 Å². The van der Waals surface area contributed by atoms with E-state index in [2.05, 4.69) is 12.2 Å². The molecule has 0 aromatic heterocycles. The van der Waals surface area contributed by atoms with Crippen molar-refractivity contribution in [3.8, 4) is 0 Å². The number of unbranched alkanes of at least 4 members (excludes halogenated alkanes) is 5. The molecule has 2 N–H and O–H groups in total. The molecule has 4 heteroatoms. The molecule has 4 nitrogen and oxygen atoms in total. The first-order chi connectivity index (χ1) is 11.7. The van der Waals surface area contributed by atoms with Gasteiger partial charge in [-0.1, -0.05) is 45.3 Å². The molecule has 2 atom stereocenters. The monoisotopic (exact) mass is 354 g/mol. The average Bonchev–Trinajstić information content (AvgIpc) is 2.58. The minimum Gasteiger partial charge on any atom is -0.481 e. The fourth-order valence-electron chi connectivity index (χ4n) is 2.84. The normalized spacial score (nSPS) is 16.5. The van der Waals surface area contributed by atoms with Crippen LogP contribution in [0.25, 0.3) is 0 Å². The molecule has 0 aromatic carbocycles. The van der Waals surface area contributed by atoms with Crippen LogP contribution in [0.1, 0.15) is 98.3 Å². The highest BCUT2D eigenvalue weighted by molar-refractivity contribution is 5.74. The maximum atomic E-state index is 11.2. The summed E-state index contributed by atoms with van der Waals surface area (Å²) in [5.74, 6) is -1.37. The smallest absolute Gasteiger partial charge is 0.309 e. The lowest BCUT2D eigenvalue weighted by atomic mass is 9.82. The van der Waals surface area contributed by atoms with Gasteiger partial charge in [-0.05, 0) is 65.2 Å². The Hall–Kier alpha value is -1.32. The predicted octanol–water partition coefficient (Wildman–Crippen LogP) is 6.06. The largest absolute Gasteiger partial charge is 0.481 e. The van der Waals surface area contributed by atoms with Gasteiger partial charge in [0.2, 0.25) is 0 Å². The van der Waals surface area contributed by atoms with Crippen molar-refractivity contribution in [2.75, 3.05) is 0 Å². The molecule has 0 aliphatic heterocycles. The molecule has 0 heterocycles. The van der Waals surface area contributed by atoms with Gasteiger partial charge in [0.25, 0.3) is 0 Å². The Labute approximate surface area is 153 Å². The van der Waals surface area contributed by atoms with Crippen molar-refractivity contribution in [2.24, 2.45) is 10.8 Å². The predicted molar refractivity (Wildman–Crippen MR) is 103 cm³/mol. The summed E-state index contributed by atoms with van der Waals surface area (Å²) in [6.07, 6.45) is 14.4. The van der Waals surface area contributed by atoms with Gasteiger partial charge >= 0.3 is 11.9 Å². The lowest BCUT2D eigenvalue weighted by molar-refractivity contribution is -0.149. The van der Waals surface area contributed by atoms with Crippen molar-refractivity contribution >= 4 is 11.9 Å². The molecule has 0 bridgehead atoms. The topological polar surface area (TPSA) is 74.6 Å². The third-order valence-corrected chi connectivity index (χ3v) is 5.71. The van der Waals surface area contributed by atoms with Crippen LogP contribution in [0, 0.1) is 10.8 Å². The van der Waals surface area contributed by atoms with Gasteiger partial charge in [-0.25, -0.2) is 0 Å². The summed E-state index contributed by atoms with van der Waals surface area (Å²) >= 11 is 0. The highest BCUT2D eigenvalue weighted by Gasteiger charge is 2.30. The van der Waals surface area contributed by atoms with Gasteiger partial charge in [-0.3, -0.25) is 9.59 Å². The molecule has 146 valence electrons. The molecule has 2 unspecified atom stereocenters. The summed E-state index contributed by atoms with van der Waals surface area (Å²) in [4.78, 5) is 22.4. The zero-order chi connectivity index (χ0) is 19.3. The second-order valence-electron chi connectivity index (χ2n) is 7.76. The fourth-order valence-corrected chi connectivity index (χ4v) is 2.84. The van der Waals surface area contributed by atoms with Crippen molar-refractivity contribution in [2.45, 2.75) is 98.3 Å². The Morgan fingerprint density at radius 2 is 1.08 bits per heavy atom. The maximum Gasteiger partial charge on any atom is 0.309 e. The van der Waals surface area contributed by atoms with Gasteiger partial charge in [0, 0.05) is 0 Å². The molecule has 0 saturated carbocycles. The molecular weight excluding hydrogens is 316 g/mol. The molecule has 0 radical (unpaired) electrons. The Bertz CT molecular complexity index is 430. The van der Waals surface area contributed by atoms with Crippen LogP contribution in [-0.4, -0.2) is 22.2 Å². The zero-order valence-electron chi connectivity index (χ0n) is 16.6. The number of hydrogen-bond donors (Lipinski definition) is 2. The van der Waals surface area contributed by atoms with Crippen LogP contribution in [-0.2, 0) is 9.59 Å². The average molecular weight is 355 g/mol. The van der Waals surface area contributed by atoms with E-state index in [-0.39, 0.29) is 0 Å². The van der Waals surface area contributed by atoms with Crippen LogP contribution in [0.4, 0.5) is 0 Å². The summed E-state index contributed by atoms with van der Waals surface area (Å²) in [7, 11) is 0. The standard InChI is InChI=1S/C21H38O4/c1-5-20(3,18(22)23)16-14-12-10-8-7-9-11-13-15-17-21(4,6-2)19(24)25/h7-8H,5-6,9-17H2,1-4H3,(H,22,23)(H,24,25)/b8-7-. The van der Waals surface area contributed by atoms with Gasteiger partial charge < -0.3 is 10.2 Å². The lowest BCUT2D eigenvalue weighted by Gasteiger charge is -2.22. The maximum absolute atomic E-state index is 11.2. The van der Waals surface area contributed by atoms with E-state index in [0.717, 1.165) is 57.8 Å². The Morgan fingerprint density at radius 1 is 0.720 bits per heavy atom. The number of carbonyl (C=O) groups is 2.